The lowest BCUT2D eigenvalue weighted by molar-refractivity contribution is 0.0463. The molecule has 0 amide bonds. The first-order valence-corrected chi connectivity index (χ1v) is 8.59. The van der Waals surface area contributed by atoms with Crippen LogP contribution in [-0.2, 0) is 4.74 Å². The fourth-order valence-corrected chi connectivity index (χ4v) is 2.19. The van der Waals surface area contributed by atoms with E-state index in [0.29, 0.717) is 13.2 Å². The first-order chi connectivity index (χ1) is 12.9. The Balaban J connectivity index is 0.000000309. The summed E-state index contributed by atoms with van der Waals surface area (Å²) < 4.78 is 5.10. The number of carboxylic acid groups (broad SMARTS) is 1. The molecule has 2 rings (SSSR count). The first kappa shape index (κ1) is 22.0. The van der Waals surface area contributed by atoms with Crippen molar-refractivity contribution in [3.63, 3.8) is 0 Å². The van der Waals surface area contributed by atoms with E-state index in [1.165, 1.54) is 18.2 Å². The van der Waals surface area contributed by atoms with Crippen LogP contribution in [0.2, 0.25) is 0 Å². The quantitative estimate of drug-likeness (QED) is 0.639. The van der Waals surface area contributed by atoms with Crippen molar-refractivity contribution in [1.29, 1.82) is 0 Å². The van der Waals surface area contributed by atoms with Crippen molar-refractivity contribution in [2.75, 3.05) is 26.2 Å². The predicted molar refractivity (Wildman–Crippen MR) is 101 cm³/mol. The van der Waals surface area contributed by atoms with Gasteiger partial charge in [0.1, 0.15) is 29.2 Å². The van der Waals surface area contributed by atoms with Crippen LogP contribution in [0.25, 0.3) is 0 Å². The van der Waals surface area contributed by atoms with Crippen molar-refractivity contribution >= 4 is 11.9 Å². The van der Waals surface area contributed by atoms with Crippen molar-refractivity contribution in [3.8, 4) is 11.5 Å². The molecule has 0 aromatic heterocycles. The Morgan fingerprint density at radius 1 is 0.889 bits per heavy atom. The summed E-state index contributed by atoms with van der Waals surface area (Å²) in [6.07, 6.45) is 0. The molecule has 0 atom stereocenters. The van der Waals surface area contributed by atoms with Gasteiger partial charge >= 0.3 is 11.9 Å². The van der Waals surface area contributed by atoms with Crippen molar-refractivity contribution in [2.45, 2.75) is 13.8 Å². The Morgan fingerprint density at radius 3 is 1.78 bits per heavy atom. The maximum Gasteiger partial charge on any atom is 0.341 e. The average molecular weight is 375 g/mol. The highest BCUT2D eigenvalue weighted by Crippen LogP contribution is 2.16. The predicted octanol–water partition coefficient (Wildman–Crippen LogP) is 2.98. The molecule has 0 spiro atoms. The second-order valence-electron chi connectivity index (χ2n) is 5.50. The number of para-hydroxylation sites is 2. The molecule has 0 saturated heterocycles. The van der Waals surface area contributed by atoms with Gasteiger partial charge < -0.3 is 25.0 Å². The summed E-state index contributed by atoms with van der Waals surface area (Å²) in [5, 5.41) is 26.8. The molecule has 0 heterocycles. The molecule has 0 aliphatic heterocycles. The number of phenolic OH excluding ortho intramolecular Hbond substituents is 1. The zero-order valence-corrected chi connectivity index (χ0v) is 15.5. The van der Waals surface area contributed by atoms with E-state index in [1.54, 1.807) is 30.3 Å². The van der Waals surface area contributed by atoms with Gasteiger partial charge in [0.2, 0.25) is 0 Å². The van der Waals surface area contributed by atoms with Crippen LogP contribution in [0.1, 0.15) is 34.6 Å². The molecule has 146 valence electrons. The fraction of sp³-hybridized carbons (Fsp3) is 0.300. The number of carboxylic acids is 1. The highest BCUT2D eigenvalue weighted by atomic mass is 16.5. The number of nitrogens with zero attached hydrogens (tertiary/aromatic N) is 1. The number of carbonyl (C=O) groups is 2. The van der Waals surface area contributed by atoms with Gasteiger partial charge in [-0.25, -0.2) is 9.59 Å². The molecule has 0 aliphatic rings. The number of ether oxygens (including phenoxy) is 1. The van der Waals surface area contributed by atoms with Crippen molar-refractivity contribution in [2.24, 2.45) is 0 Å². The van der Waals surface area contributed by atoms with Gasteiger partial charge in [-0.3, -0.25) is 0 Å². The molecule has 3 N–H and O–H groups in total. The van der Waals surface area contributed by atoms with E-state index in [2.05, 4.69) is 18.7 Å². The summed E-state index contributed by atoms with van der Waals surface area (Å²) in [5.41, 5.74) is 0.148. The average Bonchev–Trinajstić information content (AvgIpc) is 2.66. The van der Waals surface area contributed by atoms with Gasteiger partial charge in [-0.15, -0.1) is 0 Å². The lowest BCUT2D eigenvalue weighted by Crippen LogP contribution is -2.27. The summed E-state index contributed by atoms with van der Waals surface area (Å²) in [7, 11) is 0. The van der Waals surface area contributed by atoms with E-state index in [4.69, 9.17) is 14.9 Å². The van der Waals surface area contributed by atoms with Crippen LogP contribution in [0.4, 0.5) is 0 Å². The summed E-state index contributed by atoms with van der Waals surface area (Å²) >= 11 is 0. The highest BCUT2D eigenvalue weighted by molar-refractivity contribution is 5.92. The fourth-order valence-electron chi connectivity index (χ4n) is 2.19. The van der Waals surface area contributed by atoms with Crippen LogP contribution in [0.15, 0.2) is 48.5 Å². The molecule has 7 nitrogen and oxygen atoms in total. The van der Waals surface area contributed by atoms with Crippen LogP contribution < -0.4 is 0 Å². The maximum absolute atomic E-state index is 11.6. The van der Waals surface area contributed by atoms with E-state index >= 15 is 0 Å². The molecular formula is C20H25NO6. The van der Waals surface area contributed by atoms with Crippen LogP contribution in [0, 0.1) is 0 Å². The number of benzene rings is 2. The highest BCUT2D eigenvalue weighted by Gasteiger charge is 2.11. The number of aromatic hydroxyl groups is 2. The standard InChI is InChI=1S/C13H19NO3.C7H6O3/c1-3-14(4-2)9-10-17-13(16)11-7-5-6-8-12(11)15;8-6-4-2-1-3-5(6)7(9)10/h5-8,15H,3-4,9-10H2,1-2H3;1-4,8H,(H,9,10). The number of likely N-dealkylation sites (N-methyl/N-ethyl adjacent to an activating group) is 1. The number of hydrogen-bond donors (Lipinski definition) is 3. The molecule has 0 fully saturated rings. The van der Waals surface area contributed by atoms with Gasteiger partial charge in [-0.05, 0) is 37.4 Å². The van der Waals surface area contributed by atoms with Crippen LogP contribution in [0.3, 0.4) is 0 Å². The second-order valence-corrected chi connectivity index (χ2v) is 5.50. The summed E-state index contributed by atoms with van der Waals surface area (Å²) in [5.74, 6) is -1.83. The summed E-state index contributed by atoms with van der Waals surface area (Å²) in [6, 6.07) is 12.2. The topological polar surface area (TPSA) is 107 Å². The molecule has 0 radical (unpaired) electrons. The Kier molecular flexibility index (Phi) is 9.39. The molecule has 0 saturated carbocycles. The Bertz CT molecular complexity index is 743. The maximum atomic E-state index is 11.6. The molecule has 0 bridgehead atoms. The third-order valence-electron chi connectivity index (χ3n) is 3.79. The van der Waals surface area contributed by atoms with Crippen molar-refractivity contribution < 1.29 is 29.6 Å². The minimum atomic E-state index is -1.11. The number of hydrogen-bond acceptors (Lipinski definition) is 6. The minimum Gasteiger partial charge on any atom is -0.507 e. The second kappa shape index (κ2) is 11.5. The summed E-state index contributed by atoms with van der Waals surface area (Å²) in [4.78, 5) is 24.0. The Morgan fingerprint density at radius 2 is 1.37 bits per heavy atom. The van der Waals surface area contributed by atoms with Crippen molar-refractivity contribution in [3.05, 3.63) is 59.7 Å². The molecule has 0 aliphatic carbocycles. The smallest absolute Gasteiger partial charge is 0.341 e. The van der Waals surface area contributed by atoms with Crippen LogP contribution in [0.5, 0.6) is 11.5 Å². The minimum absolute atomic E-state index is 0.0414. The largest absolute Gasteiger partial charge is 0.507 e. The normalized spacial score (nSPS) is 10.0. The SMILES string of the molecule is CCN(CC)CCOC(=O)c1ccccc1O.O=C(O)c1ccccc1O. The monoisotopic (exact) mass is 375 g/mol. The first-order valence-electron chi connectivity index (χ1n) is 8.59. The molecule has 2 aromatic carbocycles. The third-order valence-corrected chi connectivity index (χ3v) is 3.79. The van der Waals surface area contributed by atoms with E-state index in [1.807, 2.05) is 0 Å². The number of carbonyl (C=O) groups excluding carboxylic acids is 1. The Labute approximate surface area is 158 Å². The van der Waals surface area contributed by atoms with Crippen LogP contribution in [-0.4, -0.2) is 58.4 Å². The lowest BCUT2D eigenvalue weighted by Gasteiger charge is -2.17. The zero-order valence-electron chi connectivity index (χ0n) is 15.5. The van der Waals surface area contributed by atoms with Gasteiger partial charge in [0, 0.05) is 6.54 Å². The molecule has 0 unspecified atom stereocenters. The van der Waals surface area contributed by atoms with E-state index < -0.39 is 11.9 Å². The third kappa shape index (κ3) is 7.37. The van der Waals surface area contributed by atoms with Gasteiger partial charge in [0.05, 0.1) is 0 Å². The molecule has 27 heavy (non-hydrogen) atoms. The number of esters is 1. The zero-order chi connectivity index (χ0) is 20.2. The van der Waals surface area contributed by atoms with E-state index in [0.717, 1.165) is 13.1 Å². The number of aromatic carboxylic acids is 1. The Hall–Kier alpha value is -3.06. The van der Waals surface area contributed by atoms with Crippen LogP contribution >= 0.6 is 0 Å². The van der Waals surface area contributed by atoms with E-state index in [9.17, 15) is 14.7 Å². The van der Waals surface area contributed by atoms with Gasteiger partial charge in [0.25, 0.3) is 0 Å². The number of rotatable bonds is 7. The summed E-state index contributed by atoms with van der Waals surface area (Å²) in [6.45, 7) is 7.05. The molecular weight excluding hydrogens is 350 g/mol. The van der Waals surface area contributed by atoms with E-state index in [-0.39, 0.29) is 22.6 Å². The molecule has 2 aromatic rings. The van der Waals surface area contributed by atoms with Crippen molar-refractivity contribution in [1.82, 2.24) is 4.90 Å². The van der Waals surface area contributed by atoms with Gasteiger partial charge in [-0.2, -0.15) is 0 Å². The van der Waals surface area contributed by atoms with Gasteiger partial charge in [-0.1, -0.05) is 38.1 Å². The van der Waals surface area contributed by atoms with Gasteiger partial charge in [0.15, 0.2) is 0 Å². The lowest BCUT2D eigenvalue weighted by atomic mass is 10.2. The number of phenols is 2. The molecule has 7 heteroatoms.